The van der Waals surface area contributed by atoms with E-state index in [-0.39, 0.29) is 22.8 Å². The SMILES string of the molecule is Cc1oc(C(=O)N2CCSCC2CC(=O)O)cc1S(=O)(=O)N(C)C. The molecule has 0 aliphatic carbocycles. The molecule has 0 bridgehead atoms. The molecule has 0 radical (unpaired) electrons. The second kappa shape index (κ2) is 7.16. The van der Waals surface area contributed by atoms with Crippen molar-refractivity contribution in [2.75, 3.05) is 32.1 Å². The average Bonchev–Trinajstić information content (AvgIpc) is 2.89. The molecule has 24 heavy (non-hydrogen) atoms. The van der Waals surface area contributed by atoms with E-state index in [1.54, 1.807) is 11.8 Å². The normalized spacial score (nSPS) is 18.8. The lowest BCUT2D eigenvalue weighted by Gasteiger charge is -2.33. The van der Waals surface area contributed by atoms with Crippen molar-refractivity contribution in [1.29, 1.82) is 0 Å². The summed E-state index contributed by atoms with van der Waals surface area (Å²) < 4.78 is 30.9. The van der Waals surface area contributed by atoms with Crippen molar-refractivity contribution in [2.45, 2.75) is 24.3 Å². The molecule has 134 valence electrons. The summed E-state index contributed by atoms with van der Waals surface area (Å²) in [6.07, 6.45) is -0.152. The molecule has 1 aliphatic heterocycles. The smallest absolute Gasteiger partial charge is 0.305 e. The zero-order chi connectivity index (χ0) is 18.1. The van der Waals surface area contributed by atoms with Gasteiger partial charge in [0.25, 0.3) is 5.91 Å². The van der Waals surface area contributed by atoms with Crippen LogP contribution < -0.4 is 0 Å². The predicted octanol–water partition coefficient (Wildman–Crippen LogP) is 0.871. The standard InChI is InChI=1S/C14H20N2O6S2/c1-9-12(24(20,21)15(2)3)7-11(22-9)14(19)16-4-5-23-8-10(16)6-13(17)18/h7,10H,4-6,8H2,1-3H3,(H,17,18). The number of carboxylic acids is 1. The van der Waals surface area contributed by atoms with Gasteiger partial charge in [0.1, 0.15) is 10.7 Å². The van der Waals surface area contributed by atoms with Gasteiger partial charge in [-0.05, 0) is 6.92 Å². The van der Waals surface area contributed by atoms with Crippen molar-refractivity contribution >= 4 is 33.7 Å². The minimum Gasteiger partial charge on any atom is -0.481 e. The van der Waals surface area contributed by atoms with Gasteiger partial charge in [0.15, 0.2) is 5.76 Å². The van der Waals surface area contributed by atoms with E-state index in [2.05, 4.69) is 0 Å². The Morgan fingerprint density at radius 3 is 2.71 bits per heavy atom. The van der Waals surface area contributed by atoms with Crippen LogP contribution in [0.2, 0.25) is 0 Å². The van der Waals surface area contributed by atoms with Crippen LogP contribution in [0.5, 0.6) is 0 Å². The number of thioether (sulfide) groups is 1. The maximum atomic E-state index is 12.7. The number of amides is 1. The molecule has 1 atom stereocenters. The third kappa shape index (κ3) is 3.76. The Bertz CT molecular complexity index is 740. The quantitative estimate of drug-likeness (QED) is 0.812. The van der Waals surface area contributed by atoms with Crippen LogP contribution in [0.3, 0.4) is 0 Å². The summed E-state index contributed by atoms with van der Waals surface area (Å²) in [7, 11) is -0.919. The number of carbonyl (C=O) groups is 2. The van der Waals surface area contributed by atoms with E-state index < -0.39 is 27.9 Å². The lowest BCUT2D eigenvalue weighted by atomic mass is 10.2. The lowest BCUT2D eigenvalue weighted by molar-refractivity contribution is -0.138. The Morgan fingerprint density at radius 2 is 2.12 bits per heavy atom. The number of sulfonamides is 1. The average molecular weight is 376 g/mol. The molecule has 1 aromatic heterocycles. The van der Waals surface area contributed by atoms with Crippen LogP contribution >= 0.6 is 11.8 Å². The van der Waals surface area contributed by atoms with E-state index in [1.165, 1.54) is 32.0 Å². The topological polar surface area (TPSA) is 108 Å². The molecule has 2 heterocycles. The lowest BCUT2D eigenvalue weighted by Crippen LogP contribution is -2.47. The Labute approximate surface area is 144 Å². The molecule has 0 aromatic carbocycles. The number of carboxylic acid groups (broad SMARTS) is 1. The number of furan rings is 1. The second-order valence-corrected chi connectivity index (χ2v) is 8.91. The first-order chi connectivity index (χ1) is 11.1. The van der Waals surface area contributed by atoms with Crippen molar-refractivity contribution in [2.24, 2.45) is 0 Å². The molecule has 2 rings (SSSR count). The highest BCUT2D eigenvalue weighted by Crippen LogP contribution is 2.26. The van der Waals surface area contributed by atoms with Crippen molar-refractivity contribution in [3.8, 4) is 0 Å². The van der Waals surface area contributed by atoms with E-state index in [0.717, 1.165) is 4.31 Å². The summed E-state index contributed by atoms with van der Waals surface area (Å²) in [5.41, 5.74) is 0. The number of rotatable bonds is 5. The Kier molecular flexibility index (Phi) is 5.61. The van der Waals surface area contributed by atoms with E-state index >= 15 is 0 Å². The maximum Gasteiger partial charge on any atom is 0.305 e. The minimum atomic E-state index is -3.71. The number of aryl methyl sites for hydroxylation is 1. The number of hydrogen-bond acceptors (Lipinski definition) is 6. The second-order valence-electron chi connectivity index (χ2n) is 5.64. The van der Waals surface area contributed by atoms with Crippen LogP contribution in [0.1, 0.15) is 22.7 Å². The van der Waals surface area contributed by atoms with Crippen LogP contribution in [0.25, 0.3) is 0 Å². The first-order valence-electron chi connectivity index (χ1n) is 7.28. The molecule has 1 fully saturated rings. The molecule has 1 N–H and O–H groups in total. The van der Waals surface area contributed by atoms with Gasteiger partial charge in [0, 0.05) is 38.2 Å². The molecule has 0 saturated carbocycles. The molecule has 1 unspecified atom stereocenters. The fraction of sp³-hybridized carbons (Fsp3) is 0.571. The van der Waals surface area contributed by atoms with Crippen molar-refractivity contribution in [3.63, 3.8) is 0 Å². The third-order valence-corrected chi connectivity index (χ3v) is 6.75. The van der Waals surface area contributed by atoms with Gasteiger partial charge in [-0.2, -0.15) is 11.8 Å². The Morgan fingerprint density at radius 1 is 1.46 bits per heavy atom. The molecule has 1 aromatic rings. The van der Waals surface area contributed by atoms with Crippen LogP contribution in [0.4, 0.5) is 0 Å². The highest BCUT2D eigenvalue weighted by Gasteiger charge is 2.33. The monoisotopic (exact) mass is 376 g/mol. The summed E-state index contributed by atoms with van der Waals surface area (Å²) in [5.74, 6) is -0.189. The zero-order valence-corrected chi connectivity index (χ0v) is 15.3. The van der Waals surface area contributed by atoms with E-state index in [4.69, 9.17) is 9.52 Å². The highest BCUT2D eigenvalue weighted by atomic mass is 32.2. The molecule has 1 saturated heterocycles. The van der Waals surface area contributed by atoms with Crippen LogP contribution in [0, 0.1) is 6.92 Å². The zero-order valence-electron chi connectivity index (χ0n) is 13.7. The number of carbonyl (C=O) groups excluding carboxylic acids is 1. The first-order valence-corrected chi connectivity index (χ1v) is 9.87. The van der Waals surface area contributed by atoms with Crippen LogP contribution in [-0.2, 0) is 14.8 Å². The van der Waals surface area contributed by atoms with Gasteiger partial charge in [-0.3, -0.25) is 9.59 Å². The third-order valence-electron chi connectivity index (χ3n) is 3.74. The van der Waals surface area contributed by atoms with Gasteiger partial charge < -0.3 is 14.4 Å². The largest absolute Gasteiger partial charge is 0.481 e. The van der Waals surface area contributed by atoms with Crippen molar-refractivity contribution in [3.05, 3.63) is 17.6 Å². The first kappa shape index (κ1) is 18.8. The van der Waals surface area contributed by atoms with Gasteiger partial charge >= 0.3 is 5.97 Å². The summed E-state index contributed by atoms with van der Waals surface area (Å²) in [6.45, 7) is 1.88. The highest BCUT2D eigenvalue weighted by molar-refractivity contribution is 7.99. The molecule has 10 heteroatoms. The van der Waals surface area contributed by atoms with Crippen LogP contribution in [-0.4, -0.2) is 72.8 Å². The molecule has 0 spiro atoms. The fourth-order valence-electron chi connectivity index (χ4n) is 2.46. The Hall–Kier alpha value is -1.52. The van der Waals surface area contributed by atoms with E-state index in [0.29, 0.717) is 18.1 Å². The molecular formula is C14H20N2O6S2. The number of hydrogen-bond donors (Lipinski definition) is 1. The summed E-state index contributed by atoms with van der Waals surface area (Å²) in [6, 6.07) is 0.778. The minimum absolute atomic E-state index is 0.0583. The number of nitrogens with zero attached hydrogens (tertiary/aromatic N) is 2. The fourth-order valence-corrected chi connectivity index (χ4v) is 4.57. The molecule has 1 amide bonds. The maximum absolute atomic E-state index is 12.7. The van der Waals surface area contributed by atoms with Gasteiger partial charge in [0.05, 0.1) is 12.5 Å². The predicted molar refractivity (Wildman–Crippen MR) is 88.7 cm³/mol. The summed E-state index contributed by atoms with van der Waals surface area (Å²) in [4.78, 5) is 25.1. The Balaban J connectivity index is 2.31. The molecular weight excluding hydrogens is 356 g/mol. The number of aliphatic carboxylic acids is 1. The summed E-state index contributed by atoms with van der Waals surface area (Å²) >= 11 is 1.59. The van der Waals surface area contributed by atoms with Gasteiger partial charge in [-0.25, -0.2) is 12.7 Å². The molecule has 1 aliphatic rings. The van der Waals surface area contributed by atoms with Crippen LogP contribution in [0.15, 0.2) is 15.4 Å². The van der Waals surface area contributed by atoms with Gasteiger partial charge in [0.2, 0.25) is 10.0 Å². The molecule has 8 nitrogen and oxygen atoms in total. The van der Waals surface area contributed by atoms with Crippen molar-refractivity contribution < 1.29 is 27.5 Å². The van der Waals surface area contributed by atoms with Crippen molar-refractivity contribution in [1.82, 2.24) is 9.21 Å². The van der Waals surface area contributed by atoms with E-state index in [1.807, 2.05) is 0 Å². The van der Waals surface area contributed by atoms with E-state index in [9.17, 15) is 18.0 Å². The summed E-state index contributed by atoms with van der Waals surface area (Å²) in [5, 5.41) is 9.00. The van der Waals surface area contributed by atoms with Gasteiger partial charge in [-0.15, -0.1) is 0 Å². The van der Waals surface area contributed by atoms with Gasteiger partial charge in [-0.1, -0.05) is 0 Å².